The highest BCUT2D eigenvalue weighted by Crippen LogP contribution is 2.20. The maximum absolute atomic E-state index is 11.9. The second kappa shape index (κ2) is 7.41. The Bertz CT molecular complexity index is 428. The molecule has 4 heteroatoms. The lowest BCUT2D eigenvalue weighted by atomic mass is 9.91. The molecule has 1 saturated heterocycles. The molecule has 0 bridgehead atoms. The summed E-state index contributed by atoms with van der Waals surface area (Å²) in [4.78, 5) is 14.4. The Labute approximate surface area is 132 Å². The third-order valence-electron chi connectivity index (χ3n) is 3.97. The van der Waals surface area contributed by atoms with Gasteiger partial charge in [0.1, 0.15) is 0 Å². The number of thiophene rings is 1. The summed E-state index contributed by atoms with van der Waals surface area (Å²) in [5.74, 6) is 0.843. The topological polar surface area (TPSA) is 32.3 Å². The summed E-state index contributed by atoms with van der Waals surface area (Å²) in [7, 11) is 0. The molecular formula is C17H28N2OS. The van der Waals surface area contributed by atoms with Gasteiger partial charge in [-0.15, -0.1) is 0 Å². The standard InChI is InChI=1S/C17H28N2OS/c1-17(2,3)10-16(20)18-11-14-4-7-19(8-5-14)12-15-6-9-21-13-15/h6,9,13-14H,4-5,7-8,10-12H2,1-3H3,(H,18,20). The molecule has 1 fully saturated rings. The van der Waals surface area contributed by atoms with Gasteiger partial charge in [-0.3, -0.25) is 9.69 Å². The van der Waals surface area contributed by atoms with E-state index in [2.05, 4.69) is 47.8 Å². The molecule has 0 aliphatic carbocycles. The molecule has 0 saturated carbocycles. The lowest BCUT2D eigenvalue weighted by Crippen LogP contribution is -2.38. The summed E-state index contributed by atoms with van der Waals surface area (Å²) < 4.78 is 0. The molecule has 0 unspecified atom stereocenters. The van der Waals surface area contributed by atoms with Gasteiger partial charge in [-0.2, -0.15) is 11.3 Å². The Kier molecular flexibility index (Phi) is 5.82. The van der Waals surface area contributed by atoms with E-state index in [0.717, 1.165) is 26.2 Å². The van der Waals surface area contributed by atoms with Gasteiger partial charge in [0.25, 0.3) is 0 Å². The van der Waals surface area contributed by atoms with Crippen molar-refractivity contribution in [3.05, 3.63) is 22.4 Å². The van der Waals surface area contributed by atoms with Crippen molar-refractivity contribution in [1.82, 2.24) is 10.2 Å². The first-order valence-electron chi connectivity index (χ1n) is 7.92. The van der Waals surface area contributed by atoms with Crippen LogP contribution in [0.1, 0.15) is 45.6 Å². The second-order valence-electron chi connectivity index (χ2n) is 7.39. The van der Waals surface area contributed by atoms with Crippen LogP contribution in [0.25, 0.3) is 0 Å². The zero-order valence-corrected chi connectivity index (χ0v) is 14.3. The van der Waals surface area contributed by atoms with Crippen molar-refractivity contribution in [2.45, 2.75) is 46.6 Å². The molecule has 1 N–H and O–H groups in total. The van der Waals surface area contributed by atoms with Crippen LogP contribution in [0.15, 0.2) is 16.8 Å². The van der Waals surface area contributed by atoms with Crippen molar-refractivity contribution >= 4 is 17.2 Å². The number of carbonyl (C=O) groups excluding carboxylic acids is 1. The highest BCUT2D eigenvalue weighted by Gasteiger charge is 2.21. The van der Waals surface area contributed by atoms with E-state index in [4.69, 9.17) is 0 Å². The van der Waals surface area contributed by atoms with Crippen LogP contribution in [0.5, 0.6) is 0 Å². The second-order valence-corrected chi connectivity index (χ2v) is 8.17. The van der Waals surface area contributed by atoms with Crippen LogP contribution < -0.4 is 5.32 Å². The van der Waals surface area contributed by atoms with Crippen LogP contribution in [0.3, 0.4) is 0 Å². The molecule has 21 heavy (non-hydrogen) atoms. The molecule has 0 spiro atoms. The number of amides is 1. The quantitative estimate of drug-likeness (QED) is 0.903. The molecule has 1 aliphatic rings. The summed E-state index contributed by atoms with van der Waals surface area (Å²) in [6, 6.07) is 2.21. The minimum atomic E-state index is 0.0774. The van der Waals surface area contributed by atoms with Crippen LogP contribution in [0.2, 0.25) is 0 Å². The lowest BCUT2D eigenvalue weighted by Gasteiger charge is -2.32. The Morgan fingerprint density at radius 1 is 1.38 bits per heavy atom. The number of rotatable bonds is 5. The van der Waals surface area contributed by atoms with Crippen LogP contribution >= 0.6 is 11.3 Å². The van der Waals surface area contributed by atoms with Gasteiger partial charge in [0.2, 0.25) is 5.91 Å². The van der Waals surface area contributed by atoms with E-state index in [1.165, 1.54) is 18.4 Å². The lowest BCUT2D eigenvalue weighted by molar-refractivity contribution is -0.123. The van der Waals surface area contributed by atoms with E-state index in [-0.39, 0.29) is 11.3 Å². The molecule has 3 nitrogen and oxygen atoms in total. The predicted molar refractivity (Wildman–Crippen MR) is 89.4 cm³/mol. The third-order valence-corrected chi connectivity index (χ3v) is 4.70. The summed E-state index contributed by atoms with van der Waals surface area (Å²) in [6.45, 7) is 10.5. The molecule has 0 atom stereocenters. The molecule has 1 aromatic heterocycles. The first-order chi connectivity index (χ1) is 9.92. The molecule has 1 aliphatic heterocycles. The zero-order chi connectivity index (χ0) is 15.3. The number of nitrogens with one attached hydrogen (secondary N) is 1. The molecule has 2 rings (SSSR count). The van der Waals surface area contributed by atoms with Crippen molar-refractivity contribution in [1.29, 1.82) is 0 Å². The van der Waals surface area contributed by atoms with E-state index in [1.807, 2.05) is 0 Å². The van der Waals surface area contributed by atoms with Crippen LogP contribution in [-0.2, 0) is 11.3 Å². The Hall–Kier alpha value is -0.870. The van der Waals surface area contributed by atoms with Gasteiger partial charge < -0.3 is 5.32 Å². The van der Waals surface area contributed by atoms with Gasteiger partial charge in [-0.25, -0.2) is 0 Å². The molecule has 1 aromatic rings. The average molecular weight is 308 g/mol. The maximum atomic E-state index is 11.9. The minimum Gasteiger partial charge on any atom is -0.356 e. The number of hydrogen-bond donors (Lipinski definition) is 1. The first-order valence-corrected chi connectivity index (χ1v) is 8.87. The van der Waals surface area contributed by atoms with E-state index in [0.29, 0.717) is 12.3 Å². The molecule has 0 radical (unpaired) electrons. The van der Waals surface area contributed by atoms with E-state index in [1.54, 1.807) is 11.3 Å². The largest absolute Gasteiger partial charge is 0.356 e. The smallest absolute Gasteiger partial charge is 0.220 e. The summed E-state index contributed by atoms with van der Waals surface area (Å²) >= 11 is 1.77. The highest BCUT2D eigenvalue weighted by molar-refractivity contribution is 7.07. The normalized spacial score (nSPS) is 17.9. The molecule has 118 valence electrons. The van der Waals surface area contributed by atoms with Gasteiger partial charge in [-0.05, 0) is 59.7 Å². The molecule has 0 aromatic carbocycles. The summed E-state index contributed by atoms with van der Waals surface area (Å²) in [5, 5.41) is 7.49. The molecule has 2 heterocycles. The zero-order valence-electron chi connectivity index (χ0n) is 13.5. The number of nitrogens with zero attached hydrogens (tertiary/aromatic N) is 1. The Morgan fingerprint density at radius 3 is 2.67 bits per heavy atom. The molecule has 1 amide bonds. The fourth-order valence-electron chi connectivity index (χ4n) is 2.79. The van der Waals surface area contributed by atoms with Crippen molar-refractivity contribution in [3.8, 4) is 0 Å². The van der Waals surface area contributed by atoms with Gasteiger partial charge in [0.15, 0.2) is 0 Å². The van der Waals surface area contributed by atoms with Crippen molar-refractivity contribution in [2.24, 2.45) is 11.3 Å². The Morgan fingerprint density at radius 2 is 2.10 bits per heavy atom. The van der Waals surface area contributed by atoms with Crippen molar-refractivity contribution in [3.63, 3.8) is 0 Å². The average Bonchev–Trinajstić information content (AvgIpc) is 2.89. The Balaban J connectivity index is 1.64. The minimum absolute atomic E-state index is 0.0774. The van der Waals surface area contributed by atoms with Crippen LogP contribution in [0, 0.1) is 11.3 Å². The third kappa shape index (κ3) is 6.18. The number of hydrogen-bond acceptors (Lipinski definition) is 3. The highest BCUT2D eigenvalue weighted by atomic mass is 32.1. The predicted octanol–water partition coefficient (Wildman–Crippen LogP) is 3.51. The van der Waals surface area contributed by atoms with E-state index >= 15 is 0 Å². The van der Waals surface area contributed by atoms with E-state index < -0.39 is 0 Å². The maximum Gasteiger partial charge on any atom is 0.220 e. The van der Waals surface area contributed by atoms with Crippen LogP contribution in [-0.4, -0.2) is 30.4 Å². The number of likely N-dealkylation sites (tertiary alicyclic amines) is 1. The fraction of sp³-hybridized carbons (Fsp3) is 0.706. The van der Waals surface area contributed by atoms with E-state index in [9.17, 15) is 4.79 Å². The van der Waals surface area contributed by atoms with Crippen molar-refractivity contribution < 1.29 is 4.79 Å². The molecular weight excluding hydrogens is 280 g/mol. The van der Waals surface area contributed by atoms with Gasteiger partial charge in [-0.1, -0.05) is 20.8 Å². The van der Waals surface area contributed by atoms with Gasteiger partial charge in [0, 0.05) is 19.5 Å². The summed E-state index contributed by atoms with van der Waals surface area (Å²) in [5.41, 5.74) is 1.51. The monoisotopic (exact) mass is 308 g/mol. The fourth-order valence-corrected chi connectivity index (χ4v) is 3.45. The van der Waals surface area contributed by atoms with Gasteiger partial charge >= 0.3 is 0 Å². The SMILES string of the molecule is CC(C)(C)CC(=O)NCC1CCN(Cc2ccsc2)CC1. The van der Waals surface area contributed by atoms with Gasteiger partial charge in [0.05, 0.1) is 0 Å². The number of piperidine rings is 1. The summed E-state index contributed by atoms with van der Waals surface area (Å²) in [6.07, 6.45) is 3.00. The van der Waals surface area contributed by atoms with Crippen LogP contribution in [0.4, 0.5) is 0 Å². The number of carbonyl (C=O) groups is 1. The van der Waals surface area contributed by atoms with Crippen molar-refractivity contribution in [2.75, 3.05) is 19.6 Å². The first kappa shape index (κ1) is 16.5.